The van der Waals surface area contributed by atoms with E-state index in [1.165, 1.54) is 32.1 Å². The van der Waals surface area contributed by atoms with E-state index in [1.54, 1.807) is 12.3 Å². The molecular formula is C16H20N2O. The molecule has 0 amide bonds. The fourth-order valence-electron chi connectivity index (χ4n) is 5.10. The first kappa shape index (κ1) is 11.4. The molecule has 5 rings (SSSR count). The molecule has 0 unspecified atom stereocenters. The SMILES string of the molecule is Nc1ccc(C(=O)C2C3CC4CC(C3)CC2C4)cn1. The number of hydrogen-bond donors (Lipinski definition) is 1. The molecular weight excluding hydrogens is 236 g/mol. The molecule has 2 N–H and O–H groups in total. The van der Waals surface area contributed by atoms with Gasteiger partial charge in [0, 0.05) is 17.7 Å². The van der Waals surface area contributed by atoms with Crippen molar-refractivity contribution in [3.05, 3.63) is 23.9 Å². The Morgan fingerprint density at radius 2 is 1.68 bits per heavy atom. The van der Waals surface area contributed by atoms with Crippen LogP contribution in [0, 0.1) is 29.6 Å². The van der Waals surface area contributed by atoms with Crippen molar-refractivity contribution in [2.75, 3.05) is 5.73 Å². The van der Waals surface area contributed by atoms with Gasteiger partial charge in [0.15, 0.2) is 5.78 Å². The van der Waals surface area contributed by atoms with Gasteiger partial charge in [0.05, 0.1) is 0 Å². The zero-order chi connectivity index (χ0) is 13.0. The van der Waals surface area contributed by atoms with Gasteiger partial charge in [-0.15, -0.1) is 0 Å². The number of nitrogens with zero attached hydrogens (tertiary/aromatic N) is 1. The first-order valence-electron chi connectivity index (χ1n) is 7.46. The van der Waals surface area contributed by atoms with Crippen molar-refractivity contribution < 1.29 is 4.79 Å². The number of hydrogen-bond acceptors (Lipinski definition) is 3. The van der Waals surface area contributed by atoms with Crippen LogP contribution in [-0.4, -0.2) is 10.8 Å². The lowest BCUT2D eigenvalue weighted by Crippen LogP contribution is -2.48. The molecule has 4 saturated carbocycles. The lowest BCUT2D eigenvalue weighted by atomic mass is 9.51. The lowest BCUT2D eigenvalue weighted by Gasteiger charge is -2.53. The number of anilines is 1. The minimum Gasteiger partial charge on any atom is -0.384 e. The van der Waals surface area contributed by atoms with E-state index in [0.29, 0.717) is 23.4 Å². The van der Waals surface area contributed by atoms with E-state index in [-0.39, 0.29) is 5.92 Å². The second-order valence-corrected chi connectivity index (χ2v) is 6.79. The average molecular weight is 256 g/mol. The minimum absolute atomic E-state index is 0.262. The summed E-state index contributed by atoms with van der Waals surface area (Å²) in [5.74, 6) is 4.18. The van der Waals surface area contributed by atoms with Crippen molar-refractivity contribution in [2.24, 2.45) is 29.6 Å². The van der Waals surface area contributed by atoms with E-state index in [9.17, 15) is 4.79 Å². The van der Waals surface area contributed by atoms with Crippen molar-refractivity contribution >= 4 is 11.6 Å². The molecule has 19 heavy (non-hydrogen) atoms. The molecule has 1 heterocycles. The molecule has 1 aromatic rings. The summed E-state index contributed by atoms with van der Waals surface area (Å²) in [5.41, 5.74) is 6.35. The Morgan fingerprint density at radius 3 is 2.21 bits per heavy atom. The number of nitrogens with two attached hydrogens (primary N) is 1. The van der Waals surface area contributed by atoms with Gasteiger partial charge in [-0.3, -0.25) is 4.79 Å². The molecule has 3 heteroatoms. The second kappa shape index (κ2) is 4.06. The average Bonchev–Trinajstić information content (AvgIpc) is 2.38. The molecule has 0 aliphatic heterocycles. The maximum atomic E-state index is 12.8. The molecule has 0 spiro atoms. The minimum atomic E-state index is 0.262. The molecule has 0 radical (unpaired) electrons. The van der Waals surface area contributed by atoms with Gasteiger partial charge in [-0.2, -0.15) is 0 Å². The fraction of sp³-hybridized carbons (Fsp3) is 0.625. The third-order valence-corrected chi connectivity index (χ3v) is 5.60. The highest BCUT2D eigenvalue weighted by atomic mass is 16.1. The summed E-state index contributed by atoms with van der Waals surface area (Å²) in [7, 11) is 0. The number of aromatic nitrogens is 1. The Bertz CT molecular complexity index is 480. The Balaban J connectivity index is 1.62. The second-order valence-electron chi connectivity index (χ2n) is 6.79. The van der Waals surface area contributed by atoms with Crippen LogP contribution in [0.15, 0.2) is 18.3 Å². The van der Waals surface area contributed by atoms with Crippen molar-refractivity contribution in [2.45, 2.75) is 32.1 Å². The van der Waals surface area contributed by atoms with Crippen molar-refractivity contribution in [3.8, 4) is 0 Å². The molecule has 1 aromatic heterocycles. The molecule has 4 aliphatic rings. The molecule has 0 atom stereocenters. The molecule has 0 saturated heterocycles. The zero-order valence-corrected chi connectivity index (χ0v) is 11.1. The third-order valence-electron chi connectivity index (χ3n) is 5.60. The summed E-state index contributed by atoms with van der Waals surface area (Å²) in [6, 6.07) is 3.58. The summed E-state index contributed by atoms with van der Waals surface area (Å²) in [4.78, 5) is 16.8. The number of pyridine rings is 1. The van der Waals surface area contributed by atoms with Gasteiger partial charge in [0.25, 0.3) is 0 Å². The van der Waals surface area contributed by atoms with Crippen LogP contribution in [0.3, 0.4) is 0 Å². The van der Waals surface area contributed by atoms with E-state index in [0.717, 1.165) is 17.4 Å². The van der Waals surface area contributed by atoms with Gasteiger partial charge >= 0.3 is 0 Å². The number of ketones is 1. The predicted molar refractivity (Wildman–Crippen MR) is 73.5 cm³/mol. The van der Waals surface area contributed by atoms with Gasteiger partial charge in [-0.25, -0.2) is 4.98 Å². The van der Waals surface area contributed by atoms with Crippen LogP contribution in [0.25, 0.3) is 0 Å². The summed E-state index contributed by atoms with van der Waals surface area (Å²) in [6.45, 7) is 0. The summed E-state index contributed by atoms with van der Waals surface area (Å²) >= 11 is 0. The standard InChI is InChI=1S/C16H20N2O/c17-14-2-1-11(8-18-14)16(19)15-12-4-9-3-10(6-12)7-13(15)5-9/h1-2,8-10,12-13,15H,3-7H2,(H2,17,18). The van der Waals surface area contributed by atoms with Crippen LogP contribution in [0.4, 0.5) is 5.82 Å². The normalized spacial score (nSPS) is 39.5. The van der Waals surface area contributed by atoms with Crippen LogP contribution in [0.2, 0.25) is 0 Å². The lowest BCUT2D eigenvalue weighted by molar-refractivity contribution is -0.0251. The zero-order valence-electron chi connectivity index (χ0n) is 11.1. The van der Waals surface area contributed by atoms with Gasteiger partial charge in [-0.1, -0.05) is 0 Å². The first-order chi connectivity index (χ1) is 9.20. The van der Waals surface area contributed by atoms with Crippen molar-refractivity contribution in [1.82, 2.24) is 4.98 Å². The van der Waals surface area contributed by atoms with E-state index in [1.807, 2.05) is 6.07 Å². The maximum absolute atomic E-state index is 12.8. The Kier molecular flexibility index (Phi) is 2.44. The molecule has 4 bridgehead atoms. The van der Waals surface area contributed by atoms with Crippen molar-refractivity contribution in [3.63, 3.8) is 0 Å². The summed E-state index contributed by atoms with van der Waals surface area (Å²) < 4.78 is 0. The van der Waals surface area contributed by atoms with E-state index in [4.69, 9.17) is 5.73 Å². The highest BCUT2D eigenvalue weighted by Gasteiger charge is 2.50. The van der Waals surface area contributed by atoms with Gasteiger partial charge in [0.1, 0.15) is 5.82 Å². The Labute approximate surface area is 113 Å². The number of Topliss-reactive ketones (excluding diaryl/α,β-unsaturated/α-hetero) is 1. The first-order valence-corrected chi connectivity index (χ1v) is 7.46. The number of nitrogen functional groups attached to an aromatic ring is 1. The van der Waals surface area contributed by atoms with Crippen LogP contribution in [0.1, 0.15) is 42.5 Å². The largest absolute Gasteiger partial charge is 0.384 e. The molecule has 100 valence electrons. The molecule has 4 fully saturated rings. The molecule has 3 nitrogen and oxygen atoms in total. The van der Waals surface area contributed by atoms with Gasteiger partial charge in [-0.05, 0) is 67.9 Å². The van der Waals surface area contributed by atoms with Crippen LogP contribution >= 0.6 is 0 Å². The van der Waals surface area contributed by atoms with Crippen molar-refractivity contribution in [1.29, 1.82) is 0 Å². The Morgan fingerprint density at radius 1 is 1.05 bits per heavy atom. The third kappa shape index (κ3) is 1.78. The van der Waals surface area contributed by atoms with E-state index >= 15 is 0 Å². The Hall–Kier alpha value is -1.38. The quantitative estimate of drug-likeness (QED) is 0.828. The summed E-state index contributed by atoms with van der Waals surface area (Å²) in [5, 5.41) is 0. The fourth-order valence-corrected chi connectivity index (χ4v) is 5.10. The monoisotopic (exact) mass is 256 g/mol. The number of rotatable bonds is 2. The van der Waals surface area contributed by atoms with Crippen LogP contribution in [0.5, 0.6) is 0 Å². The number of carbonyl (C=O) groups excluding carboxylic acids is 1. The van der Waals surface area contributed by atoms with Gasteiger partial charge in [0.2, 0.25) is 0 Å². The smallest absolute Gasteiger partial charge is 0.168 e. The predicted octanol–water partition coefficient (Wildman–Crippen LogP) is 2.92. The summed E-state index contributed by atoms with van der Waals surface area (Å²) in [6.07, 6.45) is 8.22. The van der Waals surface area contributed by atoms with Gasteiger partial charge < -0.3 is 5.73 Å². The molecule has 4 aliphatic carbocycles. The van der Waals surface area contributed by atoms with E-state index in [2.05, 4.69) is 4.98 Å². The molecule has 0 aromatic carbocycles. The van der Waals surface area contributed by atoms with Crippen LogP contribution < -0.4 is 5.73 Å². The highest BCUT2D eigenvalue weighted by Crippen LogP contribution is 2.57. The highest BCUT2D eigenvalue weighted by molar-refractivity contribution is 5.98. The topological polar surface area (TPSA) is 56.0 Å². The van der Waals surface area contributed by atoms with Crippen LogP contribution in [-0.2, 0) is 0 Å². The number of carbonyl (C=O) groups is 1. The van der Waals surface area contributed by atoms with E-state index < -0.39 is 0 Å². The maximum Gasteiger partial charge on any atom is 0.168 e.